The predicted molar refractivity (Wildman–Crippen MR) is 127 cm³/mol. The van der Waals surface area contributed by atoms with Crippen LogP contribution in [0.1, 0.15) is 11.1 Å². The number of hydrogen-bond donors (Lipinski definition) is 0. The lowest BCUT2D eigenvalue weighted by molar-refractivity contribution is 0.595. The number of benzene rings is 3. The molecule has 0 saturated heterocycles. The number of anilines is 2. The lowest BCUT2D eigenvalue weighted by Gasteiger charge is -2.26. The first-order chi connectivity index (χ1) is 13.8. The first-order valence-corrected chi connectivity index (χ1v) is 11.7. The van der Waals surface area contributed by atoms with Crippen molar-refractivity contribution in [2.75, 3.05) is 4.31 Å². The van der Waals surface area contributed by atoms with Crippen LogP contribution in [0.2, 0.25) is 0 Å². The smallest absolute Gasteiger partial charge is 0.269 e. The highest BCUT2D eigenvalue weighted by Crippen LogP contribution is 2.38. The van der Waals surface area contributed by atoms with Gasteiger partial charge in [0.2, 0.25) is 0 Å². The number of fused-ring (bicyclic) bond motifs is 1. The molecule has 1 heterocycles. The van der Waals surface area contributed by atoms with Crippen LogP contribution in [0.3, 0.4) is 0 Å². The molecule has 4 rings (SSSR count). The van der Waals surface area contributed by atoms with Crippen LogP contribution < -0.4 is 4.31 Å². The molecular weight excluding hydrogens is 495 g/mol. The number of para-hydroxylation sites is 1. The molecule has 1 aromatic heterocycles. The van der Waals surface area contributed by atoms with Gasteiger partial charge in [-0.1, -0.05) is 42.0 Å². The predicted octanol–water partition coefficient (Wildman–Crippen LogP) is 5.93. The molecule has 0 radical (unpaired) electrons. The Morgan fingerprint density at radius 1 is 0.862 bits per heavy atom. The van der Waals surface area contributed by atoms with Gasteiger partial charge in [0.05, 0.1) is 10.6 Å². The minimum atomic E-state index is -3.82. The van der Waals surface area contributed by atoms with Gasteiger partial charge in [-0.3, -0.25) is 0 Å². The average molecular weight is 516 g/mol. The summed E-state index contributed by atoms with van der Waals surface area (Å²) in [4.78, 5) is 0.268. The number of aromatic nitrogens is 1. The second-order valence-electron chi connectivity index (χ2n) is 7.16. The molecule has 0 aliphatic heterocycles. The van der Waals surface area contributed by atoms with Crippen LogP contribution in [0.5, 0.6) is 0 Å². The highest BCUT2D eigenvalue weighted by Gasteiger charge is 2.30. The van der Waals surface area contributed by atoms with E-state index < -0.39 is 10.0 Å². The second kappa shape index (κ2) is 7.50. The normalized spacial score (nSPS) is 11.7. The summed E-state index contributed by atoms with van der Waals surface area (Å²) in [7, 11) is -1.92. The van der Waals surface area contributed by atoms with Gasteiger partial charge in [-0.25, -0.2) is 12.7 Å². The van der Waals surface area contributed by atoms with Crippen LogP contribution in [0.25, 0.3) is 10.9 Å². The minimum Gasteiger partial charge on any atom is -0.329 e. The zero-order valence-electron chi connectivity index (χ0n) is 16.4. The van der Waals surface area contributed by atoms with E-state index in [-0.39, 0.29) is 4.90 Å². The third-order valence-electron chi connectivity index (χ3n) is 5.02. The first-order valence-electron chi connectivity index (χ1n) is 9.21. The maximum Gasteiger partial charge on any atom is 0.269 e. The van der Waals surface area contributed by atoms with Crippen LogP contribution >= 0.6 is 22.6 Å². The number of halogens is 1. The summed E-state index contributed by atoms with van der Waals surface area (Å²) in [6, 6.07) is 22.6. The standard InChI is InChI=1S/C23H21IN2O2S/c1-16-8-11-19(12-9-16)29(27,28)26(22-13-10-17(2)14-20(22)24)23-15-18-6-4-5-7-21(18)25(23)3/h4-15H,1-3H3. The maximum absolute atomic E-state index is 13.8. The van der Waals surface area contributed by atoms with E-state index in [1.807, 2.05) is 86.1 Å². The van der Waals surface area contributed by atoms with Crippen LogP contribution in [0.4, 0.5) is 11.5 Å². The van der Waals surface area contributed by atoms with Gasteiger partial charge in [0.15, 0.2) is 0 Å². The van der Waals surface area contributed by atoms with E-state index >= 15 is 0 Å². The zero-order valence-corrected chi connectivity index (χ0v) is 19.4. The SMILES string of the molecule is Cc1ccc(S(=O)(=O)N(c2ccc(C)cc2I)c2cc3ccccc3n2C)cc1. The van der Waals surface area contributed by atoms with Crippen molar-refractivity contribution in [1.29, 1.82) is 0 Å². The van der Waals surface area contributed by atoms with Gasteiger partial charge in [0.25, 0.3) is 10.0 Å². The fraction of sp³-hybridized carbons (Fsp3) is 0.130. The molecule has 0 amide bonds. The van der Waals surface area contributed by atoms with E-state index in [0.29, 0.717) is 11.5 Å². The van der Waals surface area contributed by atoms with Gasteiger partial charge in [0, 0.05) is 21.5 Å². The topological polar surface area (TPSA) is 42.3 Å². The van der Waals surface area contributed by atoms with Crippen molar-refractivity contribution < 1.29 is 8.42 Å². The van der Waals surface area contributed by atoms with Gasteiger partial charge in [0.1, 0.15) is 5.82 Å². The fourth-order valence-corrected chi connectivity index (χ4v) is 6.04. The van der Waals surface area contributed by atoms with Gasteiger partial charge >= 0.3 is 0 Å². The fourth-order valence-electron chi connectivity index (χ4n) is 3.44. The molecule has 0 bridgehead atoms. The lowest BCUT2D eigenvalue weighted by atomic mass is 10.2. The molecule has 6 heteroatoms. The van der Waals surface area contributed by atoms with Gasteiger partial charge in [-0.15, -0.1) is 0 Å². The number of rotatable bonds is 4. The minimum absolute atomic E-state index is 0.268. The molecule has 4 aromatic rings. The lowest BCUT2D eigenvalue weighted by Crippen LogP contribution is -2.28. The first kappa shape index (κ1) is 20.0. The van der Waals surface area contributed by atoms with Crippen molar-refractivity contribution in [2.24, 2.45) is 7.05 Å². The van der Waals surface area contributed by atoms with E-state index in [0.717, 1.165) is 25.6 Å². The van der Waals surface area contributed by atoms with Crippen LogP contribution in [-0.2, 0) is 17.1 Å². The summed E-state index contributed by atoms with van der Waals surface area (Å²) < 4.78 is 31.9. The Balaban J connectivity index is 2.01. The summed E-state index contributed by atoms with van der Waals surface area (Å²) in [6.07, 6.45) is 0. The third kappa shape index (κ3) is 3.55. The van der Waals surface area contributed by atoms with Crippen molar-refractivity contribution in [1.82, 2.24) is 4.57 Å². The second-order valence-corrected chi connectivity index (χ2v) is 10.1. The Bertz CT molecular complexity index is 1310. The van der Waals surface area contributed by atoms with E-state index in [1.165, 1.54) is 4.31 Å². The summed E-state index contributed by atoms with van der Waals surface area (Å²) in [5, 5.41) is 0.997. The average Bonchev–Trinajstić information content (AvgIpc) is 3.01. The van der Waals surface area contributed by atoms with Crippen molar-refractivity contribution in [3.8, 4) is 0 Å². The molecule has 0 spiro atoms. The van der Waals surface area contributed by atoms with E-state index in [9.17, 15) is 8.42 Å². The molecule has 3 aromatic carbocycles. The summed E-state index contributed by atoms with van der Waals surface area (Å²) >= 11 is 2.21. The quantitative estimate of drug-likeness (QED) is 0.316. The highest BCUT2D eigenvalue weighted by atomic mass is 127. The van der Waals surface area contributed by atoms with Crippen molar-refractivity contribution in [2.45, 2.75) is 18.7 Å². The van der Waals surface area contributed by atoms with Gasteiger partial charge in [-0.2, -0.15) is 0 Å². The van der Waals surface area contributed by atoms with Crippen LogP contribution in [0, 0.1) is 17.4 Å². The van der Waals surface area contributed by atoms with Gasteiger partial charge in [-0.05, 0) is 78.4 Å². The number of sulfonamides is 1. The van der Waals surface area contributed by atoms with E-state index in [1.54, 1.807) is 12.1 Å². The van der Waals surface area contributed by atoms with Crippen molar-refractivity contribution in [3.05, 3.63) is 87.5 Å². The van der Waals surface area contributed by atoms with E-state index in [2.05, 4.69) is 22.6 Å². The number of nitrogens with zero attached hydrogens (tertiary/aromatic N) is 2. The van der Waals surface area contributed by atoms with Crippen LogP contribution in [-0.4, -0.2) is 13.0 Å². The third-order valence-corrected chi connectivity index (χ3v) is 7.61. The molecule has 0 N–H and O–H groups in total. The van der Waals surface area contributed by atoms with Gasteiger partial charge < -0.3 is 4.57 Å². The van der Waals surface area contributed by atoms with Crippen LogP contribution in [0.15, 0.2) is 77.7 Å². The molecule has 0 aliphatic carbocycles. The molecule has 0 fully saturated rings. The Kier molecular flexibility index (Phi) is 5.16. The van der Waals surface area contributed by atoms with E-state index in [4.69, 9.17) is 0 Å². The summed E-state index contributed by atoms with van der Waals surface area (Å²) in [5.74, 6) is 0.605. The summed E-state index contributed by atoms with van der Waals surface area (Å²) in [5.41, 5.74) is 3.73. The van der Waals surface area contributed by atoms with Crippen molar-refractivity contribution >= 4 is 55.0 Å². The van der Waals surface area contributed by atoms with Crippen molar-refractivity contribution in [3.63, 3.8) is 0 Å². The summed E-state index contributed by atoms with van der Waals surface area (Å²) in [6.45, 7) is 3.95. The molecule has 4 nitrogen and oxygen atoms in total. The highest BCUT2D eigenvalue weighted by molar-refractivity contribution is 14.1. The number of hydrogen-bond acceptors (Lipinski definition) is 2. The monoisotopic (exact) mass is 516 g/mol. The Morgan fingerprint density at radius 2 is 1.52 bits per heavy atom. The molecule has 0 atom stereocenters. The molecular formula is C23H21IN2O2S. The maximum atomic E-state index is 13.8. The number of aryl methyl sites for hydroxylation is 3. The Morgan fingerprint density at radius 3 is 2.17 bits per heavy atom. The molecule has 0 unspecified atom stereocenters. The molecule has 29 heavy (non-hydrogen) atoms. The molecule has 0 saturated carbocycles. The Labute approximate surface area is 185 Å². The molecule has 0 aliphatic rings. The zero-order chi connectivity index (χ0) is 20.8. The largest absolute Gasteiger partial charge is 0.329 e. The molecule has 148 valence electrons. The Hall–Kier alpha value is -2.32.